The zero-order valence-corrected chi connectivity index (χ0v) is 23.6. The zero-order chi connectivity index (χ0) is 27.0. The lowest BCUT2D eigenvalue weighted by Gasteiger charge is -2.36. The number of hydrogen-bond acceptors (Lipinski definition) is 5. The first-order chi connectivity index (χ1) is 19.7. The molecule has 40 heavy (non-hydrogen) atoms. The quantitative estimate of drug-likeness (QED) is 0.129. The fourth-order valence-corrected chi connectivity index (χ4v) is 6.91. The number of rotatable bonds is 6. The van der Waals surface area contributed by atoms with Crippen molar-refractivity contribution in [1.29, 1.82) is 0 Å². The van der Waals surface area contributed by atoms with E-state index in [1.807, 2.05) is 29.2 Å². The summed E-state index contributed by atoms with van der Waals surface area (Å²) >= 11 is 4.00. The molecule has 7 heteroatoms. The van der Waals surface area contributed by atoms with Gasteiger partial charge in [-0.25, -0.2) is 15.1 Å². The van der Waals surface area contributed by atoms with Crippen molar-refractivity contribution in [3.05, 3.63) is 138 Å². The maximum Gasteiger partial charge on any atom is 0.181 e. The molecule has 2 atom stereocenters. The van der Waals surface area contributed by atoms with Crippen molar-refractivity contribution >= 4 is 21.6 Å². The van der Waals surface area contributed by atoms with Gasteiger partial charge in [0, 0.05) is 17.7 Å². The topological polar surface area (TPSA) is 64.0 Å². The molecular formula is C33H30BrN5O. The maximum atomic E-state index is 6.18. The third-order valence-electron chi connectivity index (χ3n) is 8.08. The van der Waals surface area contributed by atoms with Crippen LogP contribution in [-0.2, 0) is 14.7 Å². The van der Waals surface area contributed by atoms with Gasteiger partial charge in [0.2, 0.25) is 0 Å². The second kappa shape index (κ2) is 10.3. The Kier molecular flexibility index (Phi) is 6.50. The largest absolute Gasteiger partial charge is 0.375 e. The first-order valence-electron chi connectivity index (χ1n) is 13.8. The van der Waals surface area contributed by atoms with E-state index in [0.29, 0.717) is 5.82 Å². The van der Waals surface area contributed by atoms with Crippen molar-refractivity contribution in [2.75, 3.05) is 12.0 Å². The smallest absolute Gasteiger partial charge is 0.181 e. The second-order valence-corrected chi connectivity index (χ2v) is 11.6. The molecule has 0 bridgehead atoms. The molecule has 1 fully saturated rings. The lowest BCUT2D eigenvalue weighted by molar-refractivity contribution is -0.0127. The Balaban J connectivity index is 1.37. The summed E-state index contributed by atoms with van der Waals surface area (Å²) in [6.45, 7) is 0.779. The monoisotopic (exact) mass is 591 g/mol. The van der Waals surface area contributed by atoms with Crippen molar-refractivity contribution < 1.29 is 4.74 Å². The van der Waals surface area contributed by atoms with E-state index in [-0.39, 0.29) is 6.10 Å². The van der Waals surface area contributed by atoms with Gasteiger partial charge in [-0.1, -0.05) is 107 Å². The van der Waals surface area contributed by atoms with Gasteiger partial charge in [0.25, 0.3) is 0 Å². The molecule has 7 rings (SSSR count). The summed E-state index contributed by atoms with van der Waals surface area (Å²) in [6, 6.07) is 37.9. The van der Waals surface area contributed by atoms with Gasteiger partial charge in [-0.15, -0.1) is 5.10 Å². The first kappa shape index (κ1) is 25.2. The fourth-order valence-electron chi connectivity index (χ4n) is 6.12. The number of fused-ring (bicyclic) bond motifs is 1. The standard InChI is InChI=1S/C33H30BrN5O/c34-33(30-18-10-11-21-40-30)28-22-24(19-20-29(28)36-38-33)31-35-23-39(37-31)32(25-12-4-1-5-13-25,26-14-6-2-7-15-26)27-16-8-3-9-17-27/h1-9,12-17,19-20,22-23,30,36,38H,10-11,18,21H2. The Hall–Kier alpha value is -3.78. The molecule has 0 amide bonds. The molecule has 2 aliphatic rings. The highest BCUT2D eigenvalue weighted by atomic mass is 79.9. The van der Waals surface area contributed by atoms with Crippen LogP contribution in [0.4, 0.5) is 5.69 Å². The van der Waals surface area contributed by atoms with Crippen molar-refractivity contribution in [3.63, 3.8) is 0 Å². The Morgan fingerprint density at radius 3 is 2.02 bits per heavy atom. The summed E-state index contributed by atoms with van der Waals surface area (Å²) in [4.78, 5) is 4.88. The van der Waals surface area contributed by atoms with Gasteiger partial charge in [0.15, 0.2) is 5.82 Å². The molecule has 2 N–H and O–H groups in total. The van der Waals surface area contributed by atoms with E-state index < -0.39 is 9.99 Å². The normalized spacial score (nSPS) is 20.6. The molecule has 0 aliphatic carbocycles. The number of ether oxygens (including phenoxy) is 1. The van der Waals surface area contributed by atoms with Crippen LogP contribution in [0.1, 0.15) is 41.5 Å². The van der Waals surface area contributed by atoms with Gasteiger partial charge < -0.3 is 10.2 Å². The van der Waals surface area contributed by atoms with E-state index in [4.69, 9.17) is 14.8 Å². The van der Waals surface area contributed by atoms with Gasteiger partial charge in [0.1, 0.15) is 16.3 Å². The number of anilines is 1. The lowest BCUT2D eigenvalue weighted by atomic mass is 9.77. The van der Waals surface area contributed by atoms with Crippen LogP contribution in [0.25, 0.3) is 11.4 Å². The van der Waals surface area contributed by atoms with E-state index in [2.05, 4.69) is 118 Å². The van der Waals surface area contributed by atoms with Crippen LogP contribution in [0, 0.1) is 0 Å². The van der Waals surface area contributed by atoms with E-state index in [1.54, 1.807) is 0 Å². The molecule has 4 aromatic carbocycles. The predicted octanol–water partition coefficient (Wildman–Crippen LogP) is 6.83. The molecule has 3 heterocycles. The summed E-state index contributed by atoms with van der Waals surface area (Å²) in [5, 5.41) is 5.19. The van der Waals surface area contributed by atoms with Crippen LogP contribution in [-0.4, -0.2) is 27.5 Å². The molecule has 200 valence electrons. The predicted molar refractivity (Wildman–Crippen MR) is 161 cm³/mol. The molecule has 0 radical (unpaired) electrons. The maximum absolute atomic E-state index is 6.18. The molecule has 0 spiro atoms. The van der Waals surface area contributed by atoms with Gasteiger partial charge in [0.05, 0.1) is 11.8 Å². The second-order valence-electron chi connectivity index (χ2n) is 10.4. The average molecular weight is 593 g/mol. The molecule has 2 unspecified atom stereocenters. The molecule has 1 aromatic heterocycles. The summed E-state index contributed by atoms with van der Waals surface area (Å²) in [7, 11) is 0. The van der Waals surface area contributed by atoms with Crippen molar-refractivity contribution in [1.82, 2.24) is 20.2 Å². The minimum Gasteiger partial charge on any atom is -0.375 e. The number of nitrogens with one attached hydrogen (secondary N) is 2. The van der Waals surface area contributed by atoms with Gasteiger partial charge in [-0.3, -0.25) is 0 Å². The van der Waals surface area contributed by atoms with Crippen LogP contribution in [0.3, 0.4) is 0 Å². The summed E-state index contributed by atoms with van der Waals surface area (Å²) < 4.78 is 7.68. The fraction of sp³-hybridized carbons (Fsp3) is 0.212. The minimum absolute atomic E-state index is 0.0256. The SMILES string of the molecule is BrC1(C2CCCCO2)NNc2ccc(-c3ncn(C(c4ccccc4)(c4ccccc4)c4ccccc4)n3)cc21. The number of hydrazine groups is 1. The van der Waals surface area contributed by atoms with Gasteiger partial charge in [-0.2, -0.15) is 0 Å². The van der Waals surface area contributed by atoms with Gasteiger partial charge in [-0.05, 0) is 54.2 Å². The third-order valence-corrected chi connectivity index (χ3v) is 9.22. The Bertz CT molecular complexity index is 1510. The molecular weight excluding hydrogens is 562 g/mol. The number of hydrogen-bond donors (Lipinski definition) is 2. The molecule has 2 aliphatic heterocycles. The highest BCUT2D eigenvalue weighted by molar-refractivity contribution is 9.09. The molecule has 5 aromatic rings. The highest BCUT2D eigenvalue weighted by Crippen LogP contribution is 2.46. The summed E-state index contributed by atoms with van der Waals surface area (Å²) in [6.07, 6.45) is 5.13. The van der Waals surface area contributed by atoms with E-state index in [0.717, 1.165) is 59.4 Å². The Labute approximate surface area is 242 Å². The van der Waals surface area contributed by atoms with E-state index in [1.165, 1.54) is 0 Å². The average Bonchev–Trinajstić information content (AvgIpc) is 3.66. The van der Waals surface area contributed by atoms with Crippen molar-refractivity contribution in [2.24, 2.45) is 0 Å². The molecule has 1 saturated heterocycles. The lowest BCUT2D eigenvalue weighted by Crippen LogP contribution is -2.47. The highest BCUT2D eigenvalue weighted by Gasteiger charge is 2.45. The number of halogens is 1. The van der Waals surface area contributed by atoms with Crippen LogP contribution in [0.5, 0.6) is 0 Å². The number of nitrogens with zero attached hydrogens (tertiary/aromatic N) is 3. The molecule has 0 saturated carbocycles. The van der Waals surface area contributed by atoms with Crippen molar-refractivity contribution in [2.45, 2.75) is 35.4 Å². The number of benzene rings is 4. The van der Waals surface area contributed by atoms with Crippen molar-refractivity contribution in [3.8, 4) is 11.4 Å². The van der Waals surface area contributed by atoms with Crippen LogP contribution >= 0.6 is 15.9 Å². The van der Waals surface area contributed by atoms with E-state index in [9.17, 15) is 0 Å². The third kappa shape index (κ3) is 4.08. The van der Waals surface area contributed by atoms with Gasteiger partial charge >= 0.3 is 0 Å². The van der Waals surface area contributed by atoms with Crippen LogP contribution in [0.2, 0.25) is 0 Å². The van der Waals surface area contributed by atoms with E-state index >= 15 is 0 Å². The van der Waals surface area contributed by atoms with Crippen LogP contribution < -0.4 is 10.9 Å². The number of alkyl halides is 1. The minimum atomic E-state index is -0.704. The summed E-state index contributed by atoms with van der Waals surface area (Å²) in [5.74, 6) is 0.668. The first-order valence-corrected chi connectivity index (χ1v) is 14.6. The van der Waals surface area contributed by atoms with Crippen LogP contribution in [0.15, 0.2) is 116 Å². The molecule has 6 nitrogen and oxygen atoms in total. The Morgan fingerprint density at radius 2 is 1.45 bits per heavy atom. The summed E-state index contributed by atoms with van der Waals surface area (Å²) in [5.41, 5.74) is 12.5. The number of aromatic nitrogens is 3. The zero-order valence-electron chi connectivity index (χ0n) is 22.0. The Morgan fingerprint density at radius 1 is 0.825 bits per heavy atom.